The number of hydrogen-bond acceptors (Lipinski definition) is 4. The van der Waals surface area contributed by atoms with Gasteiger partial charge in [0, 0.05) is 25.2 Å². The first-order valence-electron chi connectivity index (χ1n) is 9.11. The molecule has 25 heavy (non-hydrogen) atoms. The molecule has 1 amide bonds. The number of anilines is 1. The summed E-state index contributed by atoms with van der Waals surface area (Å²) in [7, 11) is -3.20. The molecule has 1 aliphatic heterocycles. The van der Waals surface area contributed by atoms with E-state index in [1.165, 1.54) is 5.56 Å². The van der Waals surface area contributed by atoms with Crippen LogP contribution in [0.3, 0.4) is 0 Å². The molecule has 1 heterocycles. The topological polar surface area (TPSA) is 92.5 Å². The van der Waals surface area contributed by atoms with Crippen molar-refractivity contribution >= 4 is 21.6 Å². The van der Waals surface area contributed by atoms with Crippen LogP contribution in [0.15, 0.2) is 18.2 Å². The fourth-order valence-electron chi connectivity index (χ4n) is 3.76. The average molecular weight is 365 g/mol. The molecule has 3 rings (SSSR count). The normalized spacial score (nSPS) is 21.0. The van der Waals surface area contributed by atoms with Gasteiger partial charge in [0.2, 0.25) is 15.9 Å². The van der Waals surface area contributed by atoms with Crippen molar-refractivity contribution in [1.82, 2.24) is 9.62 Å². The van der Waals surface area contributed by atoms with E-state index < -0.39 is 10.0 Å². The summed E-state index contributed by atoms with van der Waals surface area (Å²) in [6.45, 7) is 1.24. The highest BCUT2D eigenvalue weighted by molar-refractivity contribution is 7.89. The smallest absolute Gasteiger partial charge is 0.220 e. The lowest BCUT2D eigenvalue weighted by molar-refractivity contribution is -0.121. The van der Waals surface area contributed by atoms with Crippen LogP contribution in [0.1, 0.15) is 55.7 Å². The number of rotatable bonds is 6. The predicted molar refractivity (Wildman–Crippen MR) is 98.5 cm³/mol. The Balaban J connectivity index is 1.50. The maximum absolute atomic E-state index is 12.3. The second kappa shape index (κ2) is 7.74. The van der Waals surface area contributed by atoms with Gasteiger partial charge in [-0.1, -0.05) is 6.07 Å². The molecule has 0 radical (unpaired) electrons. The van der Waals surface area contributed by atoms with Gasteiger partial charge in [-0.05, 0) is 61.8 Å². The van der Waals surface area contributed by atoms with Crippen molar-refractivity contribution in [1.29, 1.82) is 0 Å². The van der Waals surface area contributed by atoms with Crippen molar-refractivity contribution in [2.45, 2.75) is 51.0 Å². The summed E-state index contributed by atoms with van der Waals surface area (Å²) in [6.07, 6.45) is 5.40. The number of carbonyl (C=O) groups is 1. The number of amides is 1. The molecular formula is C18H27N3O3S. The minimum Gasteiger partial charge on any atom is -0.399 e. The van der Waals surface area contributed by atoms with Crippen LogP contribution in [0, 0.1) is 0 Å². The Hall–Kier alpha value is -1.60. The Morgan fingerprint density at radius 3 is 2.76 bits per heavy atom. The SMILES string of the molecule is Nc1ccc2c(c1)CCCC2NC(=O)CCCS(=O)(=O)N1CCCC1. The van der Waals surface area contributed by atoms with Crippen LogP contribution < -0.4 is 11.1 Å². The quantitative estimate of drug-likeness (QED) is 0.754. The molecule has 1 aromatic carbocycles. The zero-order valence-electron chi connectivity index (χ0n) is 14.5. The van der Waals surface area contributed by atoms with Crippen LogP contribution in [-0.4, -0.2) is 37.5 Å². The van der Waals surface area contributed by atoms with Gasteiger partial charge in [0.15, 0.2) is 0 Å². The molecule has 3 N–H and O–H groups in total. The molecule has 1 fully saturated rings. The van der Waals surface area contributed by atoms with Crippen LogP contribution in [0.2, 0.25) is 0 Å². The minimum atomic E-state index is -3.20. The minimum absolute atomic E-state index is 0.00652. The van der Waals surface area contributed by atoms with E-state index in [1.54, 1.807) is 4.31 Å². The number of sulfonamides is 1. The molecule has 0 bridgehead atoms. The van der Waals surface area contributed by atoms with E-state index in [1.807, 2.05) is 18.2 Å². The summed E-state index contributed by atoms with van der Waals surface area (Å²) < 4.78 is 25.9. The van der Waals surface area contributed by atoms with Crippen molar-refractivity contribution in [2.75, 3.05) is 24.6 Å². The van der Waals surface area contributed by atoms with Crippen LogP contribution >= 0.6 is 0 Å². The van der Waals surface area contributed by atoms with Crippen molar-refractivity contribution in [2.24, 2.45) is 0 Å². The van der Waals surface area contributed by atoms with E-state index in [-0.39, 0.29) is 24.1 Å². The molecule has 138 valence electrons. The second-order valence-electron chi connectivity index (χ2n) is 7.00. The molecule has 0 saturated carbocycles. The largest absolute Gasteiger partial charge is 0.399 e. The molecule has 1 aromatic rings. The third-order valence-corrected chi connectivity index (χ3v) is 7.04. The number of nitrogens with zero attached hydrogens (tertiary/aromatic N) is 1. The summed E-state index contributed by atoms with van der Waals surface area (Å²) in [6, 6.07) is 5.85. The molecule has 1 saturated heterocycles. The summed E-state index contributed by atoms with van der Waals surface area (Å²) in [5.41, 5.74) is 8.93. The fraction of sp³-hybridized carbons (Fsp3) is 0.611. The first-order valence-corrected chi connectivity index (χ1v) is 10.7. The summed E-state index contributed by atoms with van der Waals surface area (Å²) in [5, 5.41) is 3.06. The van der Waals surface area contributed by atoms with E-state index in [2.05, 4.69) is 5.32 Å². The number of aryl methyl sites for hydroxylation is 1. The Morgan fingerprint density at radius 1 is 1.24 bits per heavy atom. The highest BCUT2D eigenvalue weighted by Crippen LogP contribution is 2.31. The zero-order chi connectivity index (χ0) is 17.9. The molecule has 1 aliphatic carbocycles. The number of benzene rings is 1. The van der Waals surface area contributed by atoms with Gasteiger partial charge in [-0.3, -0.25) is 4.79 Å². The van der Waals surface area contributed by atoms with Gasteiger partial charge in [-0.15, -0.1) is 0 Å². The molecule has 2 aliphatic rings. The lowest BCUT2D eigenvalue weighted by Crippen LogP contribution is -2.33. The Labute approximate surface area is 149 Å². The highest BCUT2D eigenvalue weighted by atomic mass is 32.2. The standard InChI is InChI=1S/C18H27N3O3S/c19-15-8-9-16-14(13-15)5-3-6-17(16)20-18(22)7-4-12-25(23,24)21-10-1-2-11-21/h8-9,13,17H,1-7,10-12,19H2,(H,20,22). The van der Waals surface area contributed by atoms with Crippen LogP contribution in [0.5, 0.6) is 0 Å². The van der Waals surface area contributed by atoms with Gasteiger partial charge >= 0.3 is 0 Å². The highest BCUT2D eigenvalue weighted by Gasteiger charge is 2.26. The van der Waals surface area contributed by atoms with Crippen molar-refractivity contribution in [3.05, 3.63) is 29.3 Å². The Bertz CT molecular complexity index is 727. The van der Waals surface area contributed by atoms with E-state index >= 15 is 0 Å². The average Bonchev–Trinajstić information content (AvgIpc) is 3.10. The third-order valence-electron chi connectivity index (χ3n) is 5.08. The van der Waals surface area contributed by atoms with Gasteiger partial charge in [-0.2, -0.15) is 0 Å². The van der Waals surface area contributed by atoms with Crippen molar-refractivity contribution in [3.8, 4) is 0 Å². The molecule has 0 aromatic heterocycles. The lowest BCUT2D eigenvalue weighted by atomic mass is 9.87. The number of carbonyl (C=O) groups excluding carboxylic acids is 1. The predicted octanol–water partition coefficient (Wildman–Crippen LogP) is 1.97. The Kier molecular flexibility index (Phi) is 5.64. The fourth-order valence-corrected chi connectivity index (χ4v) is 5.34. The molecule has 1 atom stereocenters. The zero-order valence-corrected chi connectivity index (χ0v) is 15.4. The number of hydrogen-bond donors (Lipinski definition) is 2. The monoisotopic (exact) mass is 365 g/mol. The summed E-state index contributed by atoms with van der Waals surface area (Å²) in [5.74, 6) is -0.0237. The van der Waals surface area contributed by atoms with E-state index in [0.29, 0.717) is 19.5 Å². The van der Waals surface area contributed by atoms with Gasteiger partial charge < -0.3 is 11.1 Å². The summed E-state index contributed by atoms with van der Waals surface area (Å²) >= 11 is 0. The van der Waals surface area contributed by atoms with E-state index in [4.69, 9.17) is 5.73 Å². The van der Waals surface area contributed by atoms with Gasteiger partial charge in [0.1, 0.15) is 0 Å². The number of nitrogens with two attached hydrogens (primary N) is 1. The molecule has 1 unspecified atom stereocenters. The van der Waals surface area contributed by atoms with Gasteiger partial charge in [-0.25, -0.2) is 12.7 Å². The molecule has 0 spiro atoms. The second-order valence-corrected chi connectivity index (χ2v) is 9.08. The first kappa shape index (κ1) is 18.2. The van der Waals surface area contributed by atoms with Gasteiger partial charge in [0.25, 0.3) is 0 Å². The first-order chi connectivity index (χ1) is 12.0. The van der Waals surface area contributed by atoms with Crippen LogP contribution in [0.25, 0.3) is 0 Å². The van der Waals surface area contributed by atoms with Crippen molar-refractivity contribution < 1.29 is 13.2 Å². The summed E-state index contributed by atoms with van der Waals surface area (Å²) in [4.78, 5) is 12.3. The number of nitrogen functional groups attached to an aromatic ring is 1. The maximum Gasteiger partial charge on any atom is 0.220 e. The third kappa shape index (κ3) is 4.52. The van der Waals surface area contributed by atoms with Gasteiger partial charge in [0.05, 0.1) is 11.8 Å². The maximum atomic E-state index is 12.3. The van der Waals surface area contributed by atoms with E-state index in [0.717, 1.165) is 43.4 Å². The Morgan fingerprint density at radius 2 is 2.00 bits per heavy atom. The number of fused-ring (bicyclic) bond motifs is 1. The van der Waals surface area contributed by atoms with Crippen molar-refractivity contribution in [3.63, 3.8) is 0 Å². The lowest BCUT2D eigenvalue weighted by Gasteiger charge is -2.26. The van der Waals surface area contributed by atoms with Crippen LogP contribution in [-0.2, 0) is 21.2 Å². The van der Waals surface area contributed by atoms with E-state index in [9.17, 15) is 13.2 Å². The molecule has 7 heteroatoms. The van der Waals surface area contributed by atoms with Crippen LogP contribution in [0.4, 0.5) is 5.69 Å². The molecular weight excluding hydrogens is 338 g/mol. The molecule has 6 nitrogen and oxygen atoms in total. The number of nitrogens with one attached hydrogen (secondary N) is 1.